The predicted octanol–water partition coefficient (Wildman–Crippen LogP) is 7.68. The lowest BCUT2D eigenvalue weighted by atomic mass is 10.1. The zero-order valence-corrected chi connectivity index (χ0v) is 23.0. The molecule has 0 bridgehead atoms. The van der Waals surface area contributed by atoms with Crippen molar-refractivity contribution in [2.45, 2.75) is 84.0 Å². The third-order valence-corrected chi connectivity index (χ3v) is 7.55. The van der Waals surface area contributed by atoms with E-state index in [1.54, 1.807) is 18.2 Å². The van der Waals surface area contributed by atoms with Crippen LogP contribution in [0.3, 0.4) is 0 Å². The van der Waals surface area contributed by atoms with Crippen molar-refractivity contribution < 1.29 is 37.0 Å². The summed E-state index contributed by atoms with van der Waals surface area (Å²) in [6, 6.07) is 6.72. The summed E-state index contributed by atoms with van der Waals surface area (Å²) in [5.41, 5.74) is -1.02. The van der Waals surface area contributed by atoms with Gasteiger partial charge in [0, 0.05) is 0 Å². The quantitative estimate of drug-likeness (QED) is 0.0767. The number of carbonyl (C=O) groups is 2. The third kappa shape index (κ3) is 8.91. The molecular weight excluding hydrogens is 501 g/mol. The topological polar surface area (TPSA) is 61.8 Å². The molecule has 1 atom stereocenters. The van der Waals surface area contributed by atoms with Crippen molar-refractivity contribution in [2.24, 2.45) is 0 Å². The number of unbranched alkanes of at least 4 members (excludes halogenated alkanes) is 5. The second kappa shape index (κ2) is 15.4. The molecule has 37 heavy (non-hydrogen) atoms. The second-order valence-electron chi connectivity index (χ2n) is 9.12. The number of esters is 2. The molecule has 5 nitrogen and oxygen atoms in total. The van der Waals surface area contributed by atoms with Gasteiger partial charge in [0.05, 0.1) is 21.1 Å². The van der Waals surface area contributed by atoms with Gasteiger partial charge in [0.15, 0.2) is 11.6 Å². The van der Waals surface area contributed by atoms with E-state index in [1.807, 2.05) is 6.92 Å². The highest BCUT2D eigenvalue weighted by Gasteiger charge is 2.28. The first-order valence-corrected chi connectivity index (χ1v) is 15.4. The second-order valence-corrected chi connectivity index (χ2v) is 11.9. The molecule has 0 heterocycles. The fraction of sp³-hybridized carbons (Fsp3) is 0.500. The van der Waals surface area contributed by atoms with E-state index in [-0.39, 0.29) is 23.6 Å². The zero-order chi connectivity index (χ0) is 27.4. The number of halogens is 3. The van der Waals surface area contributed by atoms with E-state index in [4.69, 9.17) is 14.2 Å². The van der Waals surface area contributed by atoms with E-state index in [9.17, 15) is 22.8 Å². The average molecular weight is 538 g/mol. The van der Waals surface area contributed by atoms with Crippen molar-refractivity contribution in [3.8, 4) is 11.5 Å². The number of rotatable bonds is 15. The minimum atomic E-state index is -1.79. The smallest absolute Gasteiger partial charge is 0.347 e. The molecule has 2 aromatic carbocycles. The minimum absolute atomic E-state index is 0.0102. The Morgan fingerprint density at radius 3 is 2.22 bits per heavy atom. The molecule has 0 N–H and O–H groups in total. The van der Waals surface area contributed by atoms with Gasteiger partial charge in [-0.1, -0.05) is 77.6 Å². The molecule has 0 aliphatic rings. The van der Waals surface area contributed by atoms with Crippen LogP contribution in [0.15, 0.2) is 30.3 Å². The molecule has 9 heteroatoms. The Labute approximate surface area is 218 Å². The highest BCUT2D eigenvalue weighted by Crippen LogP contribution is 2.30. The molecule has 203 valence electrons. The maximum atomic E-state index is 14.7. The first-order valence-electron chi connectivity index (χ1n) is 12.8. The number of hydrogen-bond acceptors (Lipinski definition) is 5. The van der Waals surface area contributed by atoms with Crippen LogP contribution in [0, 0.1) is 17.5 Å². The van der Waals surface area contributed by atoms with Gasteiger partial charge in [-0.25, -0.2) is 18.4 Å². The Morgan fingerprint density at radius 2 is 1.54 bits per heavy atom. The van der Waals surface area contributed by atoms with Crippen molar-refractivity contribution in [1.82, 2.24) is 0 Å². The Bertz CT molecular complexity index is 1040. The van der Waals surface area contributed by atoms with Crippen LogP contribution < -0.4 is 9.47 Å². The number of benzene rings is 2. The third-order valence-electron chi connectivity index (χ3n) is 5.85. The zero-order valence-electron chi connectivity index (χ0n) is 22.0. The first-order chi connectivity index (χ1) is 17.7. The van der Waals surface area contributed by atoms with Crippen LogP contribution in [0.25, 0.3) is 0 Å². The van der Waals surface area contributed by atoms with E-state index in [0.29, 0.717) is 12.5 Å². The summed E-state index contributed by atoms with van der Waals surface area (Å²) in [7, 11) is -0.891. The van der Waals surface area contributed by atoms with E-state index >= 15 is 0 Å². The standard InChI is InChI=1S/C28H36F3O5Si/c1-5-7-9-10-11-16-23(37(3)4)35-22-15-13-12-14-19(22)28(33)36-26-21(29)18-20(24(30)25(26)31)27(32)34-17-8-6-2/h12-15,18,23H,5-11,16-17H2,1-4H3. The molecule has 0 aliphatic heterocycles. The van der Waals surface area contributed by atoms with Crippen molar-refractivity contribution in [3.63, 3.8) is 0 Å². The van der Waals surface area contributed by atoms with Crippen LogP contribution in [-0.4, -0.2) is 33.1 Å². The van der Waals surface area contributed by atoms with E-state index in [1.165, 1.54) is 12.5 Å². The maximum Gasteiger partial charge on any atom is 0.347 e. The SMILES string of the molecule is CCCCCCCC(Oc1ccccc1C(=O)Oc1c(F)cc(C(=O)OCCCC)c(F)c1F)[Si](C)C. The van der Waals surface area contributed by atoms with Gasteiger partial charge >= 0.3 is 11.9 Å². The van der Waals surface area contributed by atoms with Crippen LogP contribution in [0.2, 0.25) is 13.1 Å². The van der Waals surface area contributed by atoms with Gasteiger partial charge in [0.1, 0.15) is 16.9 Å². The Morgan fingerprint density at radius 1 is 0.865 bits per heavy atom. The summed E-state index contributed by atoms with van der Waals surface area (Å²) in [6.45, 7) is 8.24. The summed E-state index contributed by atoms with van der Waals surface area (Å²) >= 11 is 0. The van der Waals surface area contributed by atoms with Crippen LogP contribution >= 0.6 is 0 Å². The average Bonchev–Trinajstić information content (AvgIpc) is 2.87. The lowest BCUT2D eigenvalue weighted by molar-refractivity contribution is 0.0492. The summed E-state index contributed by atoms with van der Waals surface area (Å²) in [5, 5.41) is 0. The first kappa shape index (κ1) is 30.4. The molecule has 1 radical (unpaired) electrons. The Balaban J connectivity index is 2.20. The molecule has 0 spiro atoms. The molecule has 0 saturated heterocycles. The molecule has 2 aromatic rings. The van der Waals surface area contributed by atoms with Crippen LogP contribution in [0.4, 0.5) is 13.2 Å². The van der Waals surface area contributed by atoms with Crippen molar-refractivity contribution in [3.05, 3.63) is 58.9 Å². The molecule has 0 fully saturated rings. The molecule has 0 saturated carbocycles. The van der Waals surface area contributed by atoms with Crippen molar-refractivity contribution in [1.29, 1.82) is 0 Å². The van der Waals surface area contributed by atoms with E-state index in [2.05, 4.69) is 20.0 Å². The predicted molar refractivity (Wildman–Crippen MR) is 138 cm³/mol. The molecule has 0 aliphatic carbocycles. The summed E-state index contributed by atoms with van der Waals surface area (Å²) < 4.78 is 59.8. The number of carbonyl (C=O) groups excluding carboxylic acids is 2. The van der Waals surface area contributed by atoms with Crippen LogP contribution in [-0.2, 0) is 4.74 Å². The number of ether oxygens (including phenoxy) is 3. The van der Waals surface area contributed by atoms with Gasteiger partial charge in [-0.15, -0.1) is 0 Å². The van der Waals surface area contributed by atoms with Gasteiger partial charge in [-0.2, -0.15) is 4.39 Å². The number of hydrogen-bond donors (Lipinski definition) is 0. The van der Waals surface area contributed by atoms with E-state index < -0.39 is 49.5 Å². The van der Waals surface area contributed by atoms with Gasteiger partial charge in [0.2, 0.25) is 11.6 Å². The molecular formula is C28H36F3O5Si. The minimum Gasteiger partial charge on any atom is -0.494 e. The largest absolute Gasteiger partial charge is 0.494 e. The van der Waals surface area contributed by atoms with Gasteiger partial charge in [0.25, 0.3) is 0 Å². The van der Waals surface area contributed by atoms with Gasteiger partial charge in [-0.3, -0.25) is 0 Å². The fourth-order valence-corrected chi connectivity index (χ4v) is 4.79. The van der Waals surface area contributed by atoms with E-state index in [0.717, 1.165) is 38.5 Å². The lowest BCUT2D eigenvalue weighted by Crippen LogP contribution is -2.31. The Kier molecular flexibility index (Phi) is 12.7. The van der Waals surface area contributed by atoms with Crippen molar-refractivity contribution >= 4 is 20.7 Å². The molecule has 0 aromatic heterocycles. The molecule has 2 rings (SSSR count). The highest BCUT2D eigenvalue weighted by molar-refractivity contribution is 6.57. The normalized spacial score (nSPS) is 11.9. The Hall–Kier alpha value is -2.81. The van der Waals surface area contributed by atoms with Gasteiger partial charge in [-0.05, 0) is 31.0 Å². The van der Waals surface area contributed by atoms with Crippen LogP contribution in [0.5, 0.6) is 11.5 Å². The monoisotopic (exact) mass is 537 g/mol. The summed E-state index contributed by atoms with van der Waals surface area (Å²) in [5.74, 6) is -8.13. The molecule has 1 unspecified atom stereocenters. The lowest BCUT2D eigenvalue weighted by Gasteiger charge is -2.23. The maximum absolute atomic E-state index is 14.7. The number of para-hydroxylation sites is 1. The summed E-state index contributed by atoms with van der Waals surface area (Å²) in [6.07, 6.45) is 7.66. The highest BCUT2D eigenvalue weighted by atomic mass is 28.3. The van der Waals surface area contributed by atoms with Gasteiger partial charge < -0.3 is 14.2 Å². The fourth-order valence-electron chi connectivity index (χ4n) is 3.65. The van der Waals surface area contributed by atoms with Crippen LogP contribution in [0.1, 0.15) is 85.9 Å². The van der Waals surface area contributed by atoms with Crippen molar-refractivity contribution in [2.75, 3.05) is 6.61 Å². The molecule has 0 amide bonds. The summed E-state index contributed by atoms with van der Waals surface area (Å²) in [4.78, 5) is 24.9.